The third-order valence-electron chi connectivity index (χ3n) is 8.59. The number of carbonyl (C=O) groups is 5. The van der Waals surface area contributed by atoms with Crippen LogP contribution in [0.5, 0.6) is 5.75 Å². The van der Waals surface area contributed by atoms with Crippen molar-refractivity contribution in [2.75, 3.05) is 11.9 Å². The molecule has 2 aliphatic carbocycles. The van der Waals surface area contributed by atoms with Gasteiger partial charge in [-0.25, -0.2) is 4.79 Å². The predicted molar refractivity (Wildman–Crippen MR) is 139 cm³/mol. The maximum absolute atomic E-state index is 13.9. The van der Waals surface area contributed by atoms with Crippen LogP contribution in [0.15, 0.2) is 60.2 Å². The monoisotopic (exact) mass is 568 g/mol. The van der Waals surface area contributed by atoms with E-state index in [0.717, 1.165) is 9.80 Å². The number of aromatic hydroxyl groups is 1. The number of nitrogens with zero attached hydrogens (tertiary/aromatic N) is 2. The lowest BCUT2D eigenvalue weighted by atomic mass is 9.56. The minimum atomic E-state index is -1.90. The number of rotatable bonds is 3. The van der Waals surface area contributed by atoms with Crippen LogP contribution < -0.4 is 4.90 Å². The Morgan fingerprint density at radius 2 is 1.67 bits per heavy atom. The first kappa shape index (κ1) is 25.6. The first-order chi connectivity index (χ1) is 18.4. The van der Waals surface area contributed by atoms with Crippen LogP contribution in [0.3, 0.4) is 0 Å². The fourth-order valence-corrected chi connectivity index (χ4v) is 7.84. The molecule has 2 aliphatic heterocycles. The average molecular weight is 569 g/mol. The molecule has 2 heterocycles. The predicted octanol–water partition coefficient (Wildman–Crippen LogP) is 3.28. The van der Waals surface area contributed by atoms with Crippen LogP contribution in [0, 0.1) is 17.8 Å². The fourth-order valence-electron chi connectivity index (χ4n) is 6.82. The molecule has 0 bridgehead atoms. The van der Waals surface area contributed by atoms with E-state index in [-0.39, 0.29) is 29.8 Å². The van der Waals surface area contributed by atoms with Gasteiger partial charge in [-0.1, -0.05) is 29.8 Å². The Hall–Kier alpha value is -3.69. The zero-order valence-corrected chi connectivity index (χ0v) is 22.0. The number of imide groups is 2. The number of allylic oxidation sites excluding steroid dienone is 2. The van der Waals surface area contributed by atoms with Crippen LogP contribution >= 0.6 is 23.2 Å². The van der Waals surface area contributed by atoms with Crippen LogP contribution in [0.25, 0.3) is 0 Å². The van der Waals surface area contributed by atoms with E-state index in [1.54, 1.807) is 12.1 Å². The number of benzene rings is 2. The van der Waals surface area contributed by atoms with Gasteiger partial charge in [-0.05, 0) is 54.7 Å². The van der Waals surface area contributed by atoms with Crippen molar-refractivity contribution in [2.24, 2.45) is 17.8 Å². The molecular weight excluding hydrogens is 547 g/mol. The van der Waals surface area contributed by atoms with Crippen LogP contribution in [-0.2, 0) is 19.2 Å². The summed E-state index contributed by atoms with van der Waals surface area (Å²) in [6, 6.07) is 11.7. The highest BCUT2D eigenvalue weighted by Crippen LogP contribution is 2.65. The summed E-state index contributed by atoms with van der Waals surface area (Å²) in [5.74, 6) is -6.80. The van der Waals surface area contributed by atoms with E-state index in [1.165, 1.54) is 43.4 Å². The van der Waals surface area contributed by atoms with Gasteiger partial charge in [0.05, 0.1) is 23.1 Å². The maximum Gasteiger partial charge on any atom is 0.335 e. The van der Waals surface area contributed by atoms with E-state index in [4.69, 9.17) is 23.2 Å². The molecule has 39 heavy (non-hydrogen) atoms. The zero-order valence-electron chi connectivity index (χ0n) is 20.5. The Labute approximate surface area is 232 Å². The number of halogens is 2. The van der Waals surface area contributed by atoms with Gasteiger partial charge in [0.2, 0.25) is 11.8 Å². The van der Waals surface area contributed by atoms with E-state index >= 15 is 0 Å². The highest BCUT2D eigenvalue weighted by molar-refractivity contribution is 6.53. The molecule has 0 aromatic heterocycles. The first-order valence-electron chi connectivity index (χ1n) is 12.3. The summed E-state index contributed by atoms with van der Waals surface area (Å²) in [5.41, 5.74) is 1.23. The Bertz CT molecular complexity index is 1520. The highest BCUT2D eigenvalue weighted by atomic mass is 35.5. The molecule has 200 valence electrons. The van der Waals surface area contributed by atoms with Gasteiger partial charge in [-0.3, -0.25) is 29.0 Å². The van der Waals surface area contributed by atoms with E-state index in [2.05, 4.69) is 0 Å². The molecule has 2 aromatic carbocycles. The molecule has 9 nitrogen and oxygen atoms in total. The van der Waals surface area contributed by atoms with Crippen molar-refractivity contribution in [3.63, 3.8) is 0 Å². The summed E-state index contributed by atoms with van der Waals surface area (Å²) >= 11 is 14.2. The van der Waals surface area contributed by atoms with E-state index < -0.39 is 63.0 Å². The molecule has 6 atom stereocenters. The minimum absolute atomic E-state index is 0.00806. The number of amides is 4. The second kappa shape index (κ2) is 8.40. The largest absolute Gasteiger partial charge is 0.508 e. The number of phenols is 1. The van der Waals surface area contributed by atoms with Crippen molar-refractivity contribution in [3.8, 4) is 5.75 Å². The number of carboxylic acids is 1. The number of likely N-dealkylation sites (tertiary alicyclic amines) is 1. The molecule has 6 rings (SSSR count). The molecule has 0 unspecified atom stereocenters. The number of anilines is 1. The smallest absolute Gasteiger partial charge is 0.335 e. The van der Waals surface area contributed by atoms with Gasteiger partial charge in [0.1, 0.15) is 5.75 Å². The van der Waals surface area contributed by atoms with Crippen molar-refractivity contribution < 1.29 is 34.2 Å². The molecule has 2 N–H and O–H groups in total. The molecule has 4 aliphatic rings. The molecule has 4 amide bonds. The topological polar surface area (TPSA) is 132 Å². The second-order valence-electron chi connectivity index (χ2n) is 10.5. The lowest BCUT2D eigenvalue weighted by molar-refractivity contribution is -0.138. The van der Waals surface area contributed by atoms with Crippen molar-refractivity contribution in [1.29, 1.82) is 0 Å². The number of alkyl halides is 2. The van der Waals surface area contributed by atoms with E-state index in [9.17, 15) is 34.2 Å². The summed E-state index contributed by atoms with van der Waals surface area (Å²) in [4.78, 5) is 64.0. The van der Waals surface area contributed by atoms with Gasteiger partial charge in [0.15, 0.2) is 9.75 Å². The average Bonchev–Trinajstić information content (AvgIpc) is 3.24. The number of aromatic carboxylic acids is 1. The Morgan fingerprint density at radius 3 is 2.33 bits per heavy atom. The summed E-state index contributed by atoms with van der Waals surface area (Å²) in [6.45, 7) is 0. The quantitative estimate of drug-likeness (QED) is 0.330. The fraction of sp³-hybridized carbons (Fsp3) is 0.321. The molecule has 3 fully saturated rings. The van der Waals surface area contributed by atoms with Crippen LogP contribution in [0.1, 0.15) is 34.7 Å². The van der Waals surface area contributed by atoms with Gasteiger partial charge in [0, 0.05) is 13.0 Å². The van der Waals surface area contributed by atoms with Gasteiger partial charge in [-0.2, -0.15) is 0 Å². The number of hydrogen-bond donors (Lipinski definition) is 2. The number of phenolic OH excluding ortho intramolecular Hbond substituents is 1. The molecule has 11 heteroatoms. The summed E-state index contributed by atoms with van der Waals surface area (Å²) in [5, 5.41) is 19.3. The molecule has 2 saturated heterocycles. The van der Waals surface area contributed by atoms with Gasteiger partial charge in [0.25, 0.3) is 11.8 Å². The van der Waals surface area contributed by atoms with Gasteiger partial charge >= 0.3 is 5.97 Å². The van der Waals surface area contributed by atoms with Crippen molar-refractivity contribution in [3.05, 3.63) is 71.3 Å². The van der Waals surface area contributed by atoms with Gasteiger partial charge in [-0.15, -0.1) is 23.2 Å². The normalized spacial score (nSPS) is 33.6. The summed E-state index contributed by atoms with van der Waals surface area (Å²) < 4.78 is 0. The van der Waals surface area contributed by atoms with Gasteiger partial charge < -0.3 is 10.2 Å². The Kier molecular flexibility index (Phi) is 5.51. The molecule has 0 radical (unpaired) electrons. The summed E-state index contributed by atoms with van der Waals surface area (Å²) in [6.07, 6.45) is 1.85. The lowest BCUT2D eigenvalue weighted by Crippen LogP contribution is -2.60. The zero-order chi connectivity index (χ0) is 28.0. The Balaban J connectivity index is 1.49. The number of fused-ring (bicyclic) bond motifs is 4. The van der Waals surface area contributed by atoms with Crippen LogP contribution in [0.4, 0.5) is 5.69 Å². The third-order valence-corrected chi connectivity index (χ3v) is 10.0. The molecular formula is C28H22Cl2N2O7. The van der Waals surface area contributed by atoms with Crippen molar-refractivity contribution in [1.82, 2.24) is 4.90 Å². The lowest BCUT2D eigenvalue weighted by Gasteiger charge is -2.50. The number of carboxylic acid groups (broad SMARTS) is 1. The second-order valence-corrected chi connectivity index (χ2v) is 11.7. The summed E-state index contributed by atoms with van der Waals surface area (Å²) in [7, 11) is 1.31. The maximum atomic E-state index is 13.9. The minimum Gasteiger partial charge on any atom is -0.508 e. The van der Waals surface area contributed by atoms with Crippen molar-refractivity contribution in [2.45, 2.75) is 28.5 Å². The molecule has 1 saturated carbocycles. The Morgan fingerprint density at radius 1 is 0.974 bits per heavy atom. The highest BCUT2D eigenvalue weighted by Gasteiger charge is 2.75. The first-order valence-corrected chi connectivity index (χ1v) is 13.1. The van der Waals surface area contributed by atoms with Crippen LogP contribution in [-0.4, -0.2) is 61.5 Å². The molecule has 2 aromatic rings. The standard InChI is InChI=1S/C28H22Cl2N2O7/c1-31-25(38)27(29)12-19-17(21(28(27,30)26(31)39)13-5-7-16(33)8-6-13)9-10-18-20(19)23(35)32(22(18)34)15-4-2-3-14(11-15)24(36)37/h2-9,11,18-21,33H,10,12H2,1H3,(H,36,37)/t18-,19+,20-,21-,27+,28-/m0/s1. The van der Waals surface area contributed by atoms with E-state index in [0.29, 0.717) is 11.1 Å². The third kappa shape index (κ3) is 3.23. The van der Waals surface area contributed by atoms with Crippen molar-refractivity contribution >= 4 is 58.5 Å². The molecule has 0 spiro atoms. The van der Waals surface area contributed by atoms with Crippen LogP contribution in [0.2, 0.25) is 0 Å². The SMILES string of the molecule is CN1C(=O)[C@]2(Cl)C[C@@H]3C(=CC[C@@H]4C(=O)N(c5cccc(C(=O)O)c5)C(=O)[C@@H]43)[C@H](c3ccc(O)cc3)[C@]2(Cl)C1=O. The number of hydrogen-bond acceptors (Lipinski definition) is 6. The van der Waals surface area contributed by atoms with E-state index in [1.807, 2.05) is 6.08 Å². The number of carbonyl (C=O) groups excluding carboxylic acids is 4.